The molecule has 24 heavy (non-hydrogen) atoms. The van der Waals surface area contributed by atoms with Gasteiger partial charge in [0.25, 0.3) is 5.91 Å². The van der Waals surface area contributed by atoms with Crippen LogP contribution in [0.15, 0.2) is 42.5 Å². The highest BCUT2D eigenvalue weighted by Crippen LogP contribution is 2.24. The quantitative estimate of drug-likeness (QED) is 0.729. The second kappa shape index (κ2) is 8.88. The number of ether oxygens (including phenoxy) is 2. The normalized spacial score (nSPS) is 10.3. The van der Waals surface area contributed by atoms with Gasteiger partial charge in [0.2, 0.25) is 0 Å². The lowest BCUT2D eigenvalue weighted by molar-refractivity contribution is 0.0946. The predicted octanol–water partition coefficient (Wildman–Crippen LogP) is 2.49. The van der Waals surface area contributed by atoms with Crippen LogP contribution < -0.4 is 20.5 Å². The highest BCUT2D eigenvalue weighted by molar-refractivity contribution is 5.97. The zero-order chi connectivity index (χ0) is 17.4. The fourth-order valence-corrected chi connectivity index (χ4v) is 2.12. The third kappa shape index (κ3) is 4.70. The summed E-state index contributed by atoms with van der Waals surface area (Å²) < 4.78 is 24.4. The van der Waals surface area contributed by atoms with Crippen LogP contribution in [0.5, 0.6) is 11.5 Å². The second-order valence-corrected chi connectivity index (χ2v) is 5.13. The second-order valence-electron chi connectivity index (χ2n) is 5.13. The highest BCUT2D eigenvalue weighted by Gasteiger charge is 2.14. The molecule has 0 aromatic heterocycles. The molecule has 0 spiro atoms. The fourth-order valence-electron chi connectivity index (χ4n) is 2.12. The first-order valence-electron chi connectivity index (χ1n) is 7.68. The van der Waals surface area contributed by atoms with E-state index in [9.17, 15) is 9.18 Å². The molecular formula is C18H21FN2O3. The van der Waals surface area contributed by atoms with E-state index in [1.54, 1.807) is 36.4 Å². The molecule has 6 heteroatoms. The van der Waals surface area contributed by atoms with Crippen molar-refractivity contribution < 1.29 is 18.7 Å². The Kier molecular flexibility index (Phi) is 6.57. The van der Waals surface area contributed by atoms with Crippen molar-refractivity contribution in [2.24, 2.45) is 5.73 Å². The molecule has 0 aliphatic heterocycles. The number of carbonyl (C=O) groups excluding carboxylic acids is 1. The molecule has 0 atom stereocenters. The van der Waals surface area contributed by atoms with Crippen LogP contribution in [-0.4, -0.2) is 26.2 Å². The zero-order valence-electron chi connectivity index (χ0n) is 13.5. The first-order valence-corrected chi connectivity index (χ1v) is 7.68. The first kappa shape index (κ1) is 17.7. The van der Waals surface area contributed by atoms with Gasteiger partial charge in [-0.3, -0.25) is 4.79 Å². The molecule has 0 saturated heterocycles. The number of nitrogens with one attached hydrogen (secondary N) is 1. The molecule has 0 radical (unpaired) electrons. The number of carbonyl (C=O) groups is 1. The van der Waals surface area contributed by atoms with Gasteiger partial charge in [-0.2, -0.15) is 0 Å². The van der Waals surface area contributed by atoms with Gasteiger partial charge < -0.3 is 20.5 Å². The lowest BCUT2D eigenvalue weighted by Gasteiger charge is -2.13. The van der Waals surface area contributed by atoms with Crippen LogP contribution in [0.4, 0.5) is 4.39 Å². The van der Waals surface area contributed by atoms with Gasteiger partial charge >= 0.3 is 0 Å². The van der Waals surface area contributed by atoms with E-state index in [-0.39, 0.29) is 18.3 Å². The van der Waals surface area contributed by atoms with Crippen LogP contribution in [0, 0.1) is 5.82 Å². The average Bonchev–Trinajstić information content (AvgIpc) is 2.61. The molecule has 2 aromatic rings. The Hall–Kier alpha value is -2.60. The Morgan fingerprint density at radius 1 is 1.25 bits per heavy atom. The van der Waals surface area contributed by atoms with Crippen molar-refractivity contribution in [3.8, 4) is 11.5 Å². The minimum atomic E-state index is -0.361. The maximum absolute atomic E-state index is 13.6. The van der Waals surface area contributed by atoms with Gasteiger partial charge in [-0.25, -0.2) is 4.39 Å². The maximum Gasteiger partial charge on any atom is 0.255 e. The van der Waals surface area contributed by atoms with Crippen LogP contribution in [0.25, 0.3) is 0 Å². The average molecular weight is 332 g/mol. The number of halogens is 1. The molecule has 128 valence electrons. The molecular weight excluding hydrogens is 311 g/mol. The lowest BCUT2D eigenvalue weighted by atomic mass is 10.1. The summed E-state index contributed by atoms with van der Waals surface area (Å²) in [6.45, 7) is 1.01. The summed E-state index contributed by atoms with van der Waals surface area (Å²) in [5, 5.41) is 2.70. The van der Waals surface area contributed by atoms with Gasteiger partial charge in [-0.1, -0.05) is 18.2 Å². The van der Waals surface area contributed by atoms with Crippen molar-refractivity contribution in [3.63, 3.8) is 0 Å². The van der Waals surface area contributed by atoms with Gasteiger partial charge in [0.1, 0.15) is 17.3 Å². The fraction of sp³-hybridized carbons (Fsp3) is 0.278. The molecule has 0 bridgehead atoms. The molecule has 0 aliphatic carbocycles. The van der Waals surface area contributed by atoms with Crippen molar-refractivity contribution in [2.75, 3.05) is 20.3 Å². The standard InChI is InChI=1S/C18H21FN2O3/c1-23-14-7-8-17(24-10-4-9-20)15(11-14)18(22)21-12-13-5-2-3-6-16(13)19/h2-3,5-8,11H,4,9-10,12,20H2,1H3,(H,21,22). The van der Waals surface area contributed by atoms with E-state index in [4.69, 9.17) is 15.2 Å². The van der Waals surface area contributed by atoms with Gasteiger partial charge in [0.15, 0.2) is 0 Å². The van der Waals surface area contributed by atoms with Crippen LogP contribution in [0.3, 0.4) is 0 Å². The Bertz CT molecular complexity index is 692. The maximum atomic E-state index is 13.6. The molecule has 2 aromatic carbocycles. The third-order valence-electron chi connectivity index (χ3n) is 3.43. The third-order valence-corrected chi connectivity index (χ3v) is 3.43. The van der Waals surface area contributed by atoms with E-state index in [0.29, 0.717) is 42.2 Å². The van der Waals surface area contributed by atoms with Crippen molar-refractivity contribution in [1.29, 1.82) is 0 Å². The first-order chi connectivity index (χ1) is 11.7. The Labute approximate surface area is 140 Å². The summed E-state index contributed by atoms with van der Waals surface area (Å²) >= 11 is 0. The summed E-state index contributed by atoms with van der Waals surface area (Å²) in [6.07, 6.45) is 0.683. The Balaban J connectivity index is 2.12. The SMILES string of the molecule is COc1ccc(OCCCN)c(C(=O)NCc2ccccc2F)c1. The van der Waals surface area contributed by atoms with Gasteiger partial charge in [-0.15, -0.1) is 0 Å². The summed E-state index contributed by atoms with van der Waals surface area (Å²) in [6, 6.07) is 11.3. The Morgan fingerprint density at radius 3 is 2.75 bits per heavy atom. The van der Waals surface area contributed by atoms with Crippen LogP contribution >= 0.6 is 0 Å². The van der Waals surface area contributed by atoms with Gasteiger partial charge in [0, 0.05) is 12.1 Å². The largest absolute Gasteiger partial charge is 0.497 e. The number of benzene rings is 2. The monoisotopic (exact) mass is 332 g/mol. The van der Waals surface area contributed by atoms with Crippen molar-refractivity contribution >= 4 is 5.91 Å². The molecule has 0 unspecified atom stereocenters. The van der Waals surface area contributed by atoms with Crippen LogP contribution in [0.2, 0.25) is 0 Å². The van der Waals surface area contributed by atoms with E-state index in [1.807, 2.05) is 0 Å². The topological polar surface area (TPSA) is 73.6 Å². The van der Waals surface area contributed by atoms with Crippen molar-refractivity contribution in [3.05, 3.63) is 59.4 Å². The van der Waals surface area contributed by atoms with Gasteiger partial charge in [0.05, 0.1) is 19.3 Å². The summed E-state index contributed by atoms with van der Waals surface area (Å²) in [4.78, 5) is 12.5. The van der Waals surface area contributed by atoms with Gasteiger partial charge in [-0.05, 0) is 37.2 Å². The summed E-state index contributed by atoms with van der Waals surface area (Å²) in [7, 11) is 1.52. The molecule has 0 fully saturated rings. The molecule has 5 nitrogen and oxygen atoms in total. The number of hydrogen-bond acceptors (Lipinski definition) is 4. The minimum Gasteiger partial charge on any atom is -0.497 e. The summed E-state index contributed by atoms with van der Waals surface area (Å²) in [5.74, 6) is 0.260. The molecule has 0 aliphatic rings. The summed E-state index contributed by atoms with van der Waals surface area (Å²) in [5.41, 5.74) is 6.20. The number of methoxy groups -OCH3 is 1. The van der Waals surface area contributed by atoms with Crippen LogP contribution in [0.1, 0.15) is 22.3 Å². The lowest BCUT2D eigenvalue weighted by Crippen LogP contribution is -2.24. The van der Waals surface area contributed by atoms with Crippen molar-refractivity contribution in [2.45, 2.75) is 13.0 Å². The van der Waals surface area contributed by atoms with E-state index in [2.05, 4.69) is 5.32 Å². The number of amides is 1. The number of rotatable bonds is 8. The molecule has 0 saturated carbocycles. The van der Waals surface area contributed by atoms with Crippen LogP contribution in [-0.2, 0) is 6.54 Å². The molecule has 2 rings (SSSR count). The molecule has 1 amide bonds. The highest BCUT2D eigenvalue weighted by atomic mass is 19.1. The van der Waals surface area contributed by atoms with E-state index >= 15 is 0 Å². The zero-order valence-corrected chi connectivity index (χ0v) is 13.5. The molecule has 3 N–H and O–H groups in total. The molecule has 0 heterocycles. The van der Waals surface area contributed by atoms with E-state index < -0.39 is 0 Å². The minimum absolute atomic E-state index is 0.0883. The van der Waals surface area contributed by atoms with Crippen molar-refractivity contribution in [1.82, 2.24) is 5.32 Å². The smallest absolute Gasteiger partial charge is 0.255 e. The number of nitrogens with two attached hydrogens (primary N) is 1. The van der Waals surface area contributed by atoms with E-state index in [1.165, 1.54) is 13.2 Å². The van der Waals surface area contributed by atoms with E-state index in [0.717, 1.165) is 0 Å². The predicted molar refractivity (Wildman–Crippen MR) is 89.7 cm³/mol. The Morgan fingerprint density at radius 2 is 2.04 bits per heavy atom. The number of hydrogen-bond donors (Lipinski definition) is 2.